The van der Waals surface area contributed by atoms with Gasteiger partial charge in [-0.05, 0) is 24.3 Å². The van der Waals surface area contributed by atoms with E-state index in [0.29, 0.717) is 18.5 Å². The molecule has 0 atom stereocenters. The van der Waals surface area contributed by atoms with Crippen molar-refractivity contribution in [3.63, 3.8) is 0 Å². The van der Waals surface area contributed by atoms with Crippen molar-refractivity contribution < 1.29 is 13.2 Å². The summed E-state index contributed by atoms with van der Waals surface area (Å²) in [5.74, 6) is -0.129. The number of nitrogens with zero attached hydrogens (tertiary/aromatic N) is 2. The second-order valence-electron chi connectivity index (χ2n) is 5.71. The highest BCUT2D eigenvalue weighted by molar-refractivity contribution is 7.90. The van der Waals surface area contributed by atoms with Crippen molar-refractivity contribution in [3.8, 4) is 0 Å². The van der Waals surface area contributed by atoms with E-state index < -0.39 is 15.3 Å². The Labute approximate surface area is 141 Å². The van der Waals surface area contributed by atoms with Crippen LogP contribution in [0.2, 0.25) is 0 Å². The molecule has 3 rings (SSSR count). The molecule has 1 N–H and O–H groups in total. The molecule has 0 unspecified atom stereocenters. The fraction of sp³-hybridized carbons (Fsp3) is 0.294. The molecule has 1 fully saturated rings. The zero-order valence-electron chi connectivity index (χ0n) is 13.1. The van der Waals surface area contributed by atoms with Crippen molar-refractivity contribution >= 4 is 15.9 Å². The lowest BCUT2D eigenvalue weighted by Crippen LogP contribution is -2.59. The standard InChI is InChI=1S/C17H19N3O3S/c21-17(14-6-2-1-3-7-14)20-12-16(13-20)24(22,23)19-11-9-15-8-4-5-10-18-15/h1-8,10,16,19H,9,11-13H2. The maximum atomic E-state index is 12.2. The molecule has 0 aliphatic carbocycles. The lowest BCUT2D eigenvalue weighted by molar-refractivity contribution is 0.0658. The maximum Gasteiger partial charge on any atom is 0.253 e. The Morgan fingerprint density at radius 2 is 1.83 bits per heavy atom. The molecule has 1 amide bonds. The molecule has 1 saturated heterocycles. The first-order chi connectivity index (χ1) is 11.6. The van der Waals surface area contributed by atoms with Crippen LogP contribution in [0.1, 0.15) is 16.1 Å². The lowest BCUT2D eigenvalue weighted by atomic mass is 10.1. The van der Waals surface area contributed by atoms with Gasteiger partial charge in [0.25, 0.3) is 5.91 Å². The van der Waals surface area contributed by atoms with E-state index in [9.17, 15) is 13.2 Å². The summed E-state index contributed by atoms with van der Waals surface area (Å²) in [4.78, 5) is 17.9. The minimum absolute atomic E-state index is 0.129. The molecule has 0 spiro atoms. The Balaban J connectivity index is 1.48. The summed E-state index contributed by atoms with van der Waals surface area (Å²) in [6, 6.07) is 14.4. The number of carbonyl (C=O) groups excluding carboxylic acids is 1. The first-order valence-corrected chi connectivity index (χ1v) is 9.33. The number of benzene rings is 1. The van der Waals surface area contributed by atoms with E-state index in [1.807, 2.05) is 24.3 Å². The van der Waals surface area contributed by atoms with Crippen LogP contribution in [0.15, 0.2) is 54.7 Å². The van der Waals surface area contributed by atoms with Crippen LogP contribution in [0.5, 0.6) is 0 Å². The van der Waals surface area contributed by atoms with Crippen LogP contribution in [0.25, 0.3) is 0 Å². The molecule has 1 aliphatic rings. The zero-order valence-corrected chi connectivity index (χ0v) is 13.9. The number of hydrogen-bond acceptors (Lipinski definition) is 4. The molecule has 126 valence electrons. The third-order valence-corrected chi connectivity index (χ3v) is 5.79. The van der Waals surface area contributed by atoms with Gasteiger partial charge in [-0.2, -0.15) is 0 Å². The van der Waals surface area contributed by atoms with E-state index in [1.54, 1.807) is 35.4 Å². The van der Waals surface area contributed by atoms with Crippen LogP contribution in [0, 0.1) is 0 Å². The van der Waals surface area contributed by atoms with E-state index >= 15 is 0 Å². The summed E-state index contributed by atoms with van der Waals surface area (Å²) < 4.78 is 27.1. The lowest BCUT2D eigenvalue weighted by Gasteiger charge is -2.38. The normalized spacial score (nSPS) is 15.1. The van der Waals surface area contributed by atoms with E-state index in [0.717, 1.165) is 5.69 Å². The summed E-state index contributed by atoms with van der Waals surface area (Å²) in [7, 11) is -3.41. The largest absolute Gasteiger partial charge is 0.336 e. The Hall–Kier alpha value is -2.25. The van der Waals surface area contributed by atoms with Crippen LogP contribution < -0.4 is 4.72 Å². The third kappa shape index (κ3) is 3.80. The van der Waals surface area contributed by atoms with Crippen LogP contribution >= 0.6 is 0 Å². The molecule has 2 heterocycles. The maximum absolute atomic E-state index is 12.2. The Morgan fingerprint density at radius 1 is 1.12 bits per heavy atom. The number of aromatic nitrogens is 1. The number of carbonyl (C=O) groups is 1. The predicted octanol–water partition coefficient (Wildman–Crippen LogP) is 1.07. The Kier molecular flexibility index (Phi) is 4.92. The Morgan fingerprint density at radius 3 is 2.50 bits per heavy atom. The molecule has 7 heteroatoms. The summed E-state index contributed by atoms with van der Waals surface area (Å²) in [6.45, 7) is 0.766. The average Bonchev–Trinajstić information content (AvgIpc) is 2.55. The molecule has 0 radical (unpaired) electrons. The van der Waals surface area contributed by atoms with Crippen molar-refractivity contribution in [2.75, 3.05) is 19.6 Å². The van der Waals surface area contributed by atoms with Gasteiger partial charge in [-0.3, -0.25) is 9.78 Å². The molecule has 1 aromatic carbocycles. The van der Waals surface area contributed by atoms with Gasteiger partial charge in [-0.25, -0.2) is 13.1 Å². The van der Waals surface area contributed by atoms with E-state index in [4.69, 9.17) is 0 Å². The van der Waals surface area contributed by atoms with Gasteiger partial charge in [0.1, 0.15) is 5.25 Å². The minimum Gasteiger partial charge on any atom is -0.336 e. The smallest absolute Gasteiger partial charge is 0.253 e. The number of amides is 1. The second kappa shape index (κ2) is 7.11. The SMILES string of the molecule is O=C(c1ccccc1)N1CC(S(=O)(=O)NCCc2ccccn2)C1. The van der Waals surface area contributed by atoms with Gasteiger partial charge in [0, 0.05) is 43.5 Å². The van der Waals surface area contributed by atoms with Crippen molar-refractivity contribution in [2.45, 2.75) is 11.7 Å². The molecule has 6 nitrogen and oxygen atoms in total. The first-order valence-electron chi connectivity index (χ1n) is 7.79. The summed E-state index contributed by atoms with van der Waals surface area (Å²) in [5, 5.41) is -0.547. The molecule has 0 saturated carbocycles. The number of pyridine rings is 1. The highest BCUT2D eigenvalue weighted by Crippen LogP contribution is 2.18. The second-order valence-corrected chi connectivity index (χ2v) is 7.75. The third-order valence-electron chi connectivity index (χ3n) is 4.01. The number of sulfonamides is 1. The van der Waals surface area contributed by atoms with E-state index in [1.165, 1.54) is 0 Å². The molecule has 24 heavy (non-hydrogen) atoms. The summed E-state index contributed by atoms with van der Waals surface area (Å²) in [5.41, 5.74) is 1.42. The van der Waals surface area contributed by atoms with Crippen LogP contribution in [-0.2, 0) is 16.4 Å². The molecule has 1 aliphatic heterocycles. The van der Waals surface area contributed by atoms with Gasteiger partial charge in [-0.1, -0.05) is 24.3 Å². The fourth-order valence-electron chi connectivity index (χ4n) is 2.55. The zero-order chi connectivity index (χ0) is 17.0. The molecule has 1 aromatic heterocycles. The van der Waals surface area contributed by atoms with Crippen LogP contribution in [0.3, 0.4) is 0 Å². The van der Waals surface area contributed by atoms with Gasteiger partial charge in [-0.15, -0.1) is 0 Å². The van der Waals surface area contributed by atoms with Crippen molar-refractivity contribution in [2.24, 2.45) is 0 Å². The fourth-order valence-corrected chi connectivity index (χ4v) is 3.92. The quantitative estimate of drug-likeness (QED) is 0.849. The highest BCUT2D eigenvalue weighted by atomic mass is 32.2. The van der Waals surface area contributed by atoms with Crippen molar-refractivity contribution in [3.05, 3.63) is 66.0 Å². The van der Waals surface area contributed by atoms with Crippen LogP contribution in [0.4, 0.5) is 0 Å². The van der Waals surface area contributed by atoms with Gasteiger partial charge in [0.2, 0.25) is 10.0 Å². The number of hydrogen-bond donors (Lipinski definition) is 1. The van der Waals surface area contributed by atoms with Gasteiger partial charge < -0.3 is 4.90 Å². The van der Waals surface area contributed by atoms with E-state index in [-0.39, 0.29) is 19.0 Å². The minimum atomic E-state index is -3.41. The van der Waals surface area contributed by atoms with Gasteiger partial charge in [0.05, 0.1) is 0 Å². The summed E-state index contributed by atoms with van der Waals surface area (Å²) >= 11 is 0. The van der Waals surface area contributed by atoms with E-state index in [2.05, 4.69) is 9.71 Å². The van der Waals surface area contributed by atoms with Crippen LogP contribution in [-0.4, -0.2) is 49.1 Å². The predicted molar refractivity (Wildman–Crippen MR) is 91.0 cm³/mol. The van der Waals surface area contributed by atoms with Crippen molar-refractivity contribution in [1.82, 2.24) is 14.6 Å². The molecular formula is C17H19N3O3S. The Bertz CT molecular complexity index is 788. The first kappa shape index (κ1) is 16.6. The van der Waals surface area contributed by atoms with Gasteiger partial charge in [0.15, 0.2) is 0 Å². The number of nitrogens with one attached hydrogen (secondary N) is 1. The number of rotatable bonds is 6. The highest BCUT2D eigenvalue weighted by Gasteiger charge is 2.39. The topological polar surface area (TPSA) is 79.4 Å². The molecule has 2 aromatic rings. The molecular weight excluding hydrogens is 326 g/mol. The monoisotopic (exact) mass is 345 g/mol. The summed E-state index contributed by atoms with van der Waals surface area (Å²) in [6.07, 6.45) is 2.22. The average molecular weight is 345 g/mol. The van der Waals surface area contributed by atoms with Crippen molar-refractivity contribution in [1.29, 1.82) is 0 Å². The van der Waals surface area contributed by atoms with Gasteiger partial charge >= 0.3 is 0 Å². The number of likely N-dealkylation sites (tertiary alicyclic amines) is 1. The molecule has 0 bridgehead atoms.